The van der Waals surface area contributed by atoms with Gasteiger partial charge in [-0.1, -0.05) is 44.2 Å². The van der Waals surface area contributed by atoms with Gasteiger partial charge in [-0.3, -0.25) is 0 Å². The second-order valence-corrected chi connectivity index (χ2v) is 4.25. The summed E-state index contributed by atoms with van der Waals surface area (Å²) in [6.45, 7) is 4.67. The van der Waals surface area contributed by atoms with Crippen LogP contribution in [0.15, 0.2) is 36.7 Å². The number of nitrogens with two attached hydrogens (primary N) is 1. The SMILES string of the molecule is CC.Nc1nc(Cl)nc2c1ncn2Cc1ccccc1. The fourth-order valence-electron chi connectivity index (χ4n) is 1.83. The zero-order valence-corrected chi connectivity index (χ0v) is 12.2. The van der Waals surface area contributed by atoms with Crippen LogP contribution in [0, 0.1) is 0 Å². The molecule has 104 valence electrons. The number of nitrogens with zero attached hydrogens (tertiary/aromatic N) is 4. The Kier molecular flexibility index (Phi) is 4.53. The summed E-state index contributed by atoms with van der Waals surface area (Å²) in [5, 5.41) is 0.134. The van der Waals surface area contributed by atoms with Crippen molar-refractivity contribution in [3.8, 4) is 0 Å². The lowest BCUT2D eigenvalue weighted by atomic mass is 10.2. The maximum Gasteiger partial charge on any atom is 0.226 e. The van der Waals surface area contributed by atoms with E-state index in [-0.39, 0.29) is 5.28 Å². The van der Waals surface area contributed by atoms with Crippen LogP contribution in [0.3, 0.4) is 0 Å². The standard InChI is InChI=1S/C12H10ClN5.C2H6/c13-12-16-10(14)9-11(17-12)18(7-15-9)6-8-4-2-1-3-5-8;1-2/h1-5,7H,6H2,(H2,14,16,17);1-2H3. The zero-order chi connectivity index (χ0) is 14.5. The highest BCUT2D eigenvalue weighted by Crippen LogP contribution is 2.18. The van der Waals surface area contributed by atoms with Crippen LogP contribution >= 0.6 is 11.6 Å². The highest BCUT2D eigenvalue weighted by Gasteiger charge is 2.10. The summed E-state index contributed by atoms with van der Waals surface area (Å²) in [6, 6.07) is 10.0. The Morgan fingerprint density at radius 3 is 2.55 bits per heavy atom. The lowest BCUT2D eigenvalue weighted by Gasteiger charge is -2.04. The third-order valence-corrected chi connectivity index (χ3v) is 2.83. The molecule has 0 radical (unpaired) electrons. The molecule has 0 atom stereocenters. The second kappa shape index (κ2) is 6.34. The van der Waals surface area contributed by atoms with Gasteiger partial charge in [-0.05, 0) is 17.2 Å². The largest absolute Gasteiger partial charge is 0.382 e. The van der Waals surface area contributed by atoms with E-state index in [1.54, 1.807) is 6.33 Å². The van der Waals surface area contributed by atoms with Gasteiger partial charge in [0.2, 0.25) is 5.28 Å². The lowest BCUT2D eigenvalue weighted by molar-refractivity contribution is 0.813. The number of anilines is 1. The Morgan fingerprint density at radius 1 is 1.15 bits per heavy atom. The van der Waals surface area contributed by atoms with E-state index in [0.29, 0.717) is 23.5 Å². The predicted molar refractivity (Wildman–Crippen MR) is 81.6 cm³/mol. The Labute approximate surface area is 122 Å². The van der Waals surface area contributed by atoms with Crippen LogP contribution in [0.5, 0.6) is 0 Å². The predicted octanol–water partition coefficient (Wildman–Crippen LogP) is 3.14. The van der Waals surface area contributed by atoms with E-state index in [1.165, 1.54) is 0 Å². The van der Waals surface area contributed by atoms with Crippen LogP contribution in [0.1, 0.15) is 19.4 Å². The summed E-state index contributed by atoms with van der Waals surface area (Å²) in [6.07, 6.45) is 1.69. The van der Waals surface area contributed by atoms with Gasteiger partial charge in [-0.2, -0.15) is 9.97 Å². The molecule has 2 N–H and O–H groups in total. The summed E-state index contributed by atoms with van der Waals surface area (Å²) >= 11 is 5.81. The number of halogens is 1. The van der Waals surface area contributed by atoms with Crippen molar-refractivity contribution < 1.29 is 0 Å². The summed E-state index contributed by atoms with van der Waals surface area (Å²) < 4.78 is 1.90. The number of benzene rings is 1. The number of hydrogen-bond donors (Lipinski definition) is 1. The van der Waals surface area contributed by atoms with Crippen molar-refractivity contribution in [2.24, 2.45) is 0 Å². The summed E-state index contributed by atoms with van der Waals surface area (Å²) in [5.74, 6) is 0.303. The molecule has 0 fully saturated rings. The Bertz CT molecular complexity index is 693. The first-order chi connectivity index (χ1) is 9.74. The molecule has 0 aliphatic rings. The lowest BCUT2D eigenvalue weighted by Crippen LogP contribution is -2.01. The molecule has 0 bridgehead atoms. The maximum absolute atomic E-state index is 5.81. The molecule has 20 heavy (non-hydrogen) atoms. The molecule has 0 amide bonds. The fourth-order valence-corrected chi connectivity index (χ4v) is 2.01. The average molecular weight is 290 g/mol. The number of aromatic nitrogens is 4. The molecule has 0 aliphatic carbocycles. The molecule has 0 unspecified atom stereocenters. The van der Waals surface area contributed by atoms with Crippen molar-refractivity contribution in [1.82, 2.24) is 19.5 Å². The van der Waals surface area contributed by atoms with Gasteiger partial charge < -0.3 is 10.3 Å². The molecule has 5 nitrogen and oxygen atoms in total. The van der Waals surface area contributed by atoms with Gasteiger partial charge in [0.15, 0.2) is 11.5 Å². The van der Waals surface area contributed by atoms with E-state index < -0.39 is 0 Å². The Balaban J connectivity index is 0.000000704. The van der Waals surface area contributed by atoms with E-state index in [9.17, 15) is 0 Å². The second-order valence-electron chi connectivity index (χ2n) is 3.91. The van der Waals surface area contributed by atoms with E-state index in [2.05, 4.69) is 15.0 Å². The Morgan fingerprint density at radius 2 is 1.85 bits per heavy atom. The minimum absolute atomic E-state index is 0.134. The fraction of sp³-hybridized carbons (Fsp3) is 0.214. The van der Waals surface area contributed by atoms with Gasteiger partial charge in [-0.25, -0.2) is 4.98 Å². The van der Waals surface area contributed by atoms with E-state index in [1.807, 2.05) is 48.7 Å². The molecule has 2 aromatic heterocycles. The Hall–Kier alpha value is -2.14. The van der Waals surface area contributed by atoms with Gasteiger partial charge in [0, 0.05) is 0 Å². The van der Waals surface area contributed by atoms with Crippen LogP contribution in [-0.4, -0.2) is 19.5 Å². The van der Waals surface area contributed by atoms with Crippen LogP contribution in [0.25, 0.3) is 11.2 Å². The van der Waals surface area contributed by atoms with Crippen LogP contribution in [0.2, 0.25) is 5.28 Å². The topological polar surface area (TPSA) is 69.6 Å². The third-order valence-electron chi connectivity index (χ3n) is 2.66. The first-order valence-corrected chi connectivity index (χ1v) is 6.79. The quantitative estimate of drug-likeness (QED) is 0.736. The summed E-state index contributed by atoms with van der Waals surface area (Å²) in [7, 11) is 0. The molecule has 0 spiro atoms. The van der Waals surface area contributed by atoms with Gasteiger partial charge in [-0.15, -0.1) is 0 Å². The normalized spacial score (nSPS) is 10.2. The average Bonchev–Trinajstić information content (AvgIpc) is 2.86. The molecule has 0 saturated carbocycles. The molecular formula is C14H16ClN5. The van der Waals surface area contributed by atoms with Gasteiger partial charge >= 0.3 is 0 Å². The molecule has 2 heterocycles. The molecule has 3 aromatic rings. The highest BCUT2D eigenvalue weighted by atomic mass is 35.5. The van der Waals surface area contributed by atoms with E-state index in [4.69, 9.17) is 17.3 Å². The monoisotopic (exact) mass is 289 g/mol. The number of hydrogen-bond acceptors (Lipinski definition) is 4. The first-order valence-electron chi connectivity index (χ1n) is 6.42. The molecule has 3 rings (SSSR count). The van der Waals surface area contributed by atoms with Gasteiger partial charge in [0.1, 0.15) is 5.52 Å². The van der Waals surface area contributed by atoms with Crippen LogP contribution < -0.4 is 5.73 Å². The molecule has 0 saturated heterocycles. The summed E-state index contributed by atoms with van der Waals surface area (Å²) in [5.41, 5.74) is 8.14. The number of nitrogen functional groups attached to an aromatic ring is 1. The van der Waals surface area contributed by atoms with Crippen molar-refractivity contribution in [3.63, 3.8) is 0 Å². The van der Waals surface area contributed by atoms with Crippen molar-refractivity contribution in [1.29, 1.82) is 0 Å². The van der Waals surface area contributed by atoms with Gasteiger partial charge in [0.25, 0.3) is 0 Å². The smallest absolute Gasteiger partial charge is 0.226 e. The molecule has 0 aliphatic heterocycles. The zero-order valence-electron chi connectivity index (χ0n) is 11.4. The molecular weight excluding hydrogens is 274 g/mol. The third kappa shape index (κ3) is 2.88. The van der Waals surface area contributed by atoms with Gasteiger partial charge in [0.05, 0.1) is 12.9 Å². The van der Waals surface area contributed by atoms with E-state index >= 15 is 0 Å². The maximum atomic E-state index is 5.81. The minimum atomic E-state index is 0.134. The highest BCUT2D eigenvalue weighted by molar-refractivity contribution is 6.28. The van der Waals surface area contributed by atoms with Crippen molar-refractivity contribution in [2.75, 3.05) is 5.73 Å². The van der Waals surface area contributed by atoms with Crippen molar-refractivity contribution in [3.05, 3.63) is 47.5 Å². The number of fused-ring (bicyclic) bond motifs is 1. The molecule has 1 aromatic carbocycles. The van der Waals surface area contributed by atoms with Crippen molar-refractivity contribution in [2.45, 2.75) is 20.4 Å². The first kappa shape index (κ1) is 14.3. The van der Waals surface area contributed by atoms with Crippen molar-refractivity contribution >= 4 is 28.6 Å². The number of rotatable bonds is 2. The summed E-state index contributed by atoms with van der Waals surface area (Å²) in [4.78, 5) is 12.3. The number of imidazole rings is 1. The molecule has 6 heteroatoms. The van der Waals surface area contributed by atoms with E-state index in [0.717, 1.165) is 5.56 Å². The van der Waals surface area contributed by atoms with Crippen LogP contribution in [-0.2, 0) is 6.54 Å². The minimum Gasteiger partial charge on any atom is -0.382 e. The van der Waals surface area contributed by atoms with Crippen LogP contribution in [0.4, 0.5) is 5.82 Å².